The number of aliphatic carboxylic acids is 1. The van der Waals surface area contributed by atoms with E-state index in [0.29, 0.717) is 6.42 Å². The molecule has 0 radical (unpaired) electrons. The molecule has 2 aromatic carbocycles. The number of carboxylic acid groups (broad SMARTS) is 1. The molecule has 0 bridgehead atoms. The van der Waals surface area contributed by atoms with E-state index in [1.165, 1.54) is 22.3 Å². The van der Waals surface area contributed by atoms with E-state index in [9.17, 15) is 14.7 Å². The molecule has 0 spiro atoms. The van der Waals surface area contributed by atoms with Crippen LogP contribution in [0.2, 0.25) is 0 Å². The third kappa shape index (κ3) is 3.68. The highest BCUT2D eigenvalue weighted by molar-refractivity contribution is 5.80. The molecule has 1 atom stereocenters. The van der Waals surface area contributed by atoms with Crippen LogP contribution >= 0.6 is 0 Å². The third-order valence-corrected chi connectivity index (χ3v) is 6.18. The minimum atomic E-state index is -1.02. The molecule has 4 heteroatoms. The van der Waals surface area contributed by atoms with Crippen molar-refractivity contribution in [3.8, 4) is 11.1 Å². The van der Waals surface area contributed by atoms with Crippen molar-refractivity contribution in [2.75, 3.05) is 0 Å². The van der Waals surface area contributed by atoms with Gasteiger partial charge in [-0.3, -0.25) is 4.79 Å². The van der Waals surface area contributed by atoms with Gasteiger partial charge in [0, 0.05) is 18.3 Å². The second kappa shape index (κ2) is 8.17. The minimum absolute atomic E-state index is 0.0527. The predicted molar refractivity (Wildman–Crippen MR) is 107 cm³/mol. The van der Waals surface area contributed by atoms with Gasteiger partial charge in [0.2, 0.25) is 6.10 Å². The van der Waals surface area contributed by atoms with Gasteiger partial charge in [0.1, 0.15) is 0 Å². The van der Waals surface area contributed by atoms with E-state index in [1.807, 2.05) is 24.3 Å². The van der Waals surface area contributed by atoms with E-state index in [0.717, 1.165) is 32.1 Å². The normalized spacial score (nSPS) is 17.6. The molecule has 2 aromatic rings. The number of rotatable bonds is 6. The summed E-state index contributed by atoms with van der Waals surface area (Å²) in [4.78, 5) is 24.1. The van der Waals surface area contributed by atoms with Crippen molar-refractivity contribution < 1.29 is 19.4 Å². The zero-order valence-electron chi connectivity index (χ0n) is 16.0. The van der Waals surface area contributed by atoms with Crippen LogP contribution in [0.5, 0.6) is 0 Å². The molecule has 2 aliphatic carbocycles. The van der Waals surface area contributed by atoms with Crippen LogP contribution in [-0.2, 0) is 14.3 Å². The molecule has 0 aromatic heterocycles. The molecule has 28 heavy (non-hydrogen) atoms. The quantitative estimate of drug-likeness (QED) is 0.706. The fourth-order valence-corrected chi connectivity index (χ4v) is 4.82. The van der Waals surface area contributed by atoms with Crippen molar-refractivity contribution in [1.29, 1.82) is 0 Å². The lowest BCUT2D eigenvalue weighted by atomic mass is 9.85. The van der Waals surface area contributed by atoms with Gasteiger partial charge in [-0.1, -0.05) is 67.8 Å². The Morgan fingerprint density at radius 1 is 0.929 bits per heavy atom. The summed E-state index contributed by atoms with van der Waals surface area (Å²) in [5.41, 5.74) is 4.92. The molecule has 4 nitrogen and oxygen atoms in total. The van der Waals surface area contributed by atoms with E-state index in [1.54, 1.807) is 0 Å². The Kier molecular flexibility index (Phi) is 5.47. The molecule has 0 amide bonds. The second-order valence-electron chi connectivity index (χ2n) is 7.91. The Labute approximate surface area is 165 Å². The van der Waals surface area contributed by atoms with Gasteiger partial charge in [-0.25, -0.2) is 4.79 Å². The summed E-state index contributed by atoms with van der Waals surface area (Å²) in [6, 6.07) is 16.6. The van der Waals surface area contributed by atoms with Crippen LogP contribution in [0.3, 0.4) is 0 Å². The van der Waals surface area contributed by atoms with E-state index in [4.69, 9.17) is 4.74 Å². The Bertz CT molecular complexity index is 821. The Morgan fingerprint density at radius 3 is 2.07 bits per heavy atom. The average Bonchev–Trinajstić information content (AvgIpc) is 3.05. The summed E-state index contributed by atoms with van der Waals surface area (Å²) in [6.07, 6.45) is 4.67. The number of ether oxygens (including phenoxy) is 1. The summed E-state index contributed by atoms with van der Waals surface area (Å²) in [5, 5.41) is 9.54. The summed E-state index contributed by atoms with van der Waals surface area (Å²) < 4.78 is 5.45. The van der Waals surface area contributed by atoms with Crippen LogP contribution in [0.25, 0.3) is 11.1 Å². The molecule has 1 N–H and O–H groups in total. The standard InChI is InChI=1S/C24H26O4/c25-22(28-23(24(26)27)16-8-2-1-3-9-16)15-14-21-19-12-6-4-10-17(19)18-11-5-7-13-20(18)21/h4-7,10-13,16,21,23H,1-3,8-9,14-15H2,(H,26,27). The maximum absolute atomic E-state index is 12.5. The fraction of sp³-hybridized carbons (Fsp3) is 0.417. The van der Waals surface area contributed by atoms with Gasteiger partial charge < -0.3 is 9.84 Å². The van der Waals surface area contributed by atoms with E-state index in [2.05, 4.69) is 24.3 Å². The van der Waals surface area contributed by atoms with Gasteiger partial charge in [0.25, 0.3) is 0 Å². The number of carbonyl (C=O) groups is 2. The van der Waals surface area contributed by atoms with E-state index in [-0.39, 0.29) is 18.3 Å². The monoisotopic (exact) mass is 378 g/mol. The number of esters is 1. The molecule has 0 heterocycles. The van der Waals surface area contributed by atoms with Gasteiger partial charge >= 0.3 is 11.9 Å². The van der Waals surface area contributed by atoms with Crippen LogP contribution in [-0.4, -0.2) is 23.1 Å². The molecule has 146 valence electrons. The Balaban J connectivity index is 1.44. The van der Waals surface area contributed by atoms with Crippen LogP contribution in [0.15, 0.2) is 48.5 Å². The van der Waals surface area contributed by atoms with Crippen LogP contribution in [0, 0.1) is 5.92 Å². The summed E-state index contributed by atoms with van der Waals surface area (Å²) in [5.74, 6) is -1.32. The first kappa shape index (κ1) is 18.7. The number of hydrogen-bond acceptors (Lipinski definition) is 3. The Morgan fingerprint density at radius 2 is 1.50 bits per heavy atom. The molecular weight excluding hydrogens is 352 g/mol. The largest absolute Gasteiger partial charge is 0.478 e. The van der Waals surface area contributed by atoms with Crippen molar-refractivity contribution in [2.24, 2.45) is 5.92 Å². The van der Waals surface area contributed by atoms with Crippen molar-refractivity contribution >= 4 is 11.9 Å². The van der Waals surface area contributed by atoms with Gasteiger partial charge in [-0.2, -0.15) is 0 Å². The molecular formula is C24H26O4. The number of fused-ring (bicyclic) bond motifs is 3. The molecule has 1 unspecified atom stereocenters. The summed E-state index contributed by atoms with van der Waals surface area (Å²) in [6.45, 7) is 0. The number of carbonyl (C=O) groups excluding carboxylic acids is 1. The second-order valence-corrected chi connectivity index (χ2v) is 7.91. The highest BCUT2D eigenvalue weighted by Crippen LogP contribution is 2.46. The van der Waals surface area contributed by atoms with Gasteiger partial charge in [-0.15, -0.1) is 0 Å². The zero-order valence-corrected chi connectivity index (χ0v) is 16.0. The van der Waals surface area contributed by atoms with Gasteiger partial charge in [0.15, 0.2) is 0 Å². The summed E-state index contributed by atoms with van der Waals surface area (Å²) in [7, 11) is 0. The SMILES string of the molecule is O=C(CCC1c2ccccc2-c2ccccc21)OC(C(=O)O)C1CCCCC1. The van der Waals surface area contributed by atoms with E-state index >= 15 is 0 Å². The lowest BCUT2D eigenvalue weighted by Crippen LogP contribution is -2.35. The van der Waals surface area contributed by atoms with Gasteiger partial charge in [0.05, 0.1) is 0 Å². The zero-order chi connectivity index (χ0) is 19.5. The molecule has 2 aliphatic rings. The number of hydrogen-bond donors (Lipinski definition) is 1. The number of benzene rings is 2. The van der Waals surface area contributed by atoms with Crippen molar-refractivity contribution in [1.82, 2.24) is 0 Å². The molecule has 4 rings (SSSR count). The average molecular weight is 378 g/mol. The summed E-state index contributed by atoms with van der Waals surface area (Å²) >= 11 is 0. The molecule has 0 aliphatic heterocycles. The lowest BCUT2D eigenvalue weighted by molar-refractivity contribution is -0.169. The van der Waals surface area contributed by atoms with Crippen molar-refractivity contribution in [3.63, 3.8) is 0 Å². The van der Waals surface area contributed by atoms with Crippen molar-refractivity contribution in [2.45, 2.75) is 57.0 Å². The fourth-order valence-electron chi connectivity index (χ4n) is 4.82. The minimum Gasteiger partial charge on any atom is -0.478 e. The predicted octanol–water partition coefficient (Wildman–Crippen LogP) is 5.16. The van der Waals surface area contributed by atoms with Gasteiger partial charge in [-0.05, 0) is 41.5 Å². The first-order chi connectivity index (χ1) is 13.6. The van der Waals surface area contributed by atoms with Crippen LogP contribution < -0.4 is 0 Å². The smallest absolute Gasteiger partial charge is 0.345 e. The highest BCUT2D eigenvalue weighted by atomic mass is 16.6. The molecule has 0 saturated heterocycles. The van der Waals surface area contributed by atoms with Crippen LogP contribution in [0.1, 0.15) is 62.0 Å². The Hall–Kier alpha value is -2.62. The highest BCUT2D eigenvalue weighted by Gasteiger charge is 2.33. The first-order valence-electron chi connectivity index (χ1n) is 10.3. The van der Waals surface area contributed by atoms with Crippen molar-refractivity contribution in [3.05, 3.63) is 59.7 Å². The lowest BCUT2D eigenvalue weighted by Gasteiger charge is -2.27. The van der Waals surface area contributed by atoms with Crippen LogP contribution in [0.4, 0.5) is 0 Å². The molecule has 1 saturated carbocycles. The third-order valence-electron chi connectivity index (χ3n) is 6.18. The topological polar surface area (TPSA) is 63.6 Å². The maximum atomic E-state index is 12.5. The maximum Gasteiger partial charge on any atom is 0.345 e. The molecule has 1 fully saturated rings. The number of carboxylic acids is 1. The first-order valence-corrected chi connectivity index (χ1v) is 10.3. The van der Waals surface area contributed by atoms with E-state index < -0.39 is 18.0 Å².